The lowest BCUT2D eigenvalue weighted by Gasteiger charge is -2.39. The van der Waals surface area contributed by atoms with E-state index >= 15 is 0 Å². The van der Waals surface area contributed by atoms with Crippen LogP contribution in [0.5, 0.6) is 0 Å². The second-order valence-electron chi connectivity index (χ2n) is 22.8. The van der Waals surface area contributed by atoms with Crippen molar-refractivity contribution in [1.29, 1.82) is 0 Å². The molecule has 74 heavy (non-hydrogen) atoms. The smallest absolute Gasteiger partial charge is 0.117 e. The Balaban J connectivity index is -0.000000446. The minimum atomic E-state index is -3.02. The minimum Gasteiger partial charge on any atom is -0.550 e. The Hall–Kier alpha value is -1.75. The third-order valence-electron chi connectivity index (χ3n) is 15.8. The highest BCUT2D eigenvalue weighted by Crippen LogP contribution is 2.27. The molecule has 0 saturated carbocycles. The van der Waals surface area contributed by atoms with E-state index in [2.05, 4.69) is 90.0 Å². The highest BCUT2D eigenvalue weighted by Gasteiger charge is 2.39. The lowest BCUT2D eigenvalue weighted by Crippen LogP contribution is -2.60. The molecule has 0 aliphatic carbocycles. The summed E-state index contributed by atoms with van der Waals surface area (Å²) >= 11 is 0. The highest BCUT2D eigenvalue weighted by molar-refractivity contribution is 5.87. The van der Waals surface area contributed by atoms with Gasteiger partial charge in [-0.2, -0.15) is 0 Å². The average molecular weight is 1060 g/mol. The van der Waals surface area contributed by atoms with Crippen LogP contribution in [0.2, 0.25) is 0 Å². The zero-order valence-corrected chi connectivity index (χ0v) is 52.3. The molecule has 446 valence electrons. The number of hydrogen-bond donors (Lipinski definition) is 1. The Morgan fingerprint density at radius 2 is 0.514 bits per heavy atom. The first kappa shape index (κ1) is 78.7. The molecular formula is C64H133N3O7. The van der Waals surface area contributed by atoms with Gasteiger partial charge >= 0.3 is 0 Å². The molecule has 0 rings (SSSR count). The summed E-state index contributed by atoms with van der Waals surface area (Å²) in [5.74, 6) is -7.65. The largest absolute Gasteiger partial charge is 0.550 e. The number of quaternary nitrogens is 3. The second-order valence-corrected chi connectivity index (χ2v) is 22.8. The molecule has 0 aromatic carbocycles. The van der Waals surface area contributed by atoms with Gasteiger partial charge in [0.1, 0.15) is 5.60 Å². The van der Waals surface area contributed by atoms with Crippen LogP contribution in [-0.2, 0) is 14.4 Å². The molecule has 10 nitrogen and oxygen atoms in total. The van der Waals surface area contributed by atoms with Gasteiger partial charge in [-0.3, -0.25) is 0 Å². The molecule has 0 aromatic heterocycles. The summed E-state index contributed by atoms with van der Waals surface area (Å²) in [6.45, 7) is 47.2. The van der Waals surface area contributed by atoms with E-state index in [0.29, 0.717) is 12.8 Å². The van der Waals surface area contributed by atoms with Crippen LogP contribution in [0.15, 0.2) is 0 Å². The third-order valence-corrected chi connectivity index (χ3v) is 15.8. The van der Waals surface area contributed by atoms with Gasteiger partial charge in [-0.05, 0) is 83.5 Å². The molecular weight excluding hydrogens is 923 g/mol. The lowest BCUT2D eigenvalue weighted by atomic mass is 9.81. The summed E-state index contributed by atoms with van der Waals surface area (Å²) in [7, 11) is 0. The zero-order valence-electron chi connectivity index (χ0n) is 52.3. The van der Waals surface area contributed by atoms with E-state index in [0.717, 1.165) is 32.1 Å². The Morgan fingerprint density at radius 1 is 0.324 bits per heavy atom. The summed E-state index contributed by atoms with van der Waals surface area (Å²) in [5.41, 5.74) is -3.02. The molecule has 2 atom stereocenters. The number of carboxylic acids is 3. The highest BCUT2D eigenvalue weighted by atomic mass is 16.4. The van der Waals surface area contributed by atoms with Gasteiger partial charge in [0.05, 0.1) is 84.5 Å². The fourth-order valence-electron chi connectivity index (χ4n) is 10.5. The monoisotopic (exact) mass is 1060 g/mol. The number of carbonyl (C=O) groups is 3. The minimum absolute atomic E-state index is 0.185. The van der Waals surface area contributed by atoms with Crippen molar-refractivity contribution < 1.29 is 48.3 Å². The molecule has 1 N–H and O–H groups in total. The Kier molecular flexibility index (Phi) is 58.1. The fraction of sp³-hybridized carbons (Fsp3) is 0.953. The van der Waals surface area contributed by atoms with Gasteiger partial charge in [-0.1, -0.05) is 218 Å². The topological polar surface area (TPSA) is 141 Å². The number of carboxylic acid groups (broad SMARTS) is 3. The van der Waals surface area contributed by atoms with Crippen LogP contribution in [0.25, 0.3) is 0 Å². The normalized spacial score (nSPS) is 12.9. The van der Waals surface area contributed by atoms with Crippen molar-refractivity contribution in [2.24, 2.45) is 5.92 Å². The van der Waals surface area contributed by atoms with Crippen LogP contribution in [0, 0.1) is 5.92 Å². The van der Waals surface area contributed by atoms with Crippen molar-refractivity contribution in [2.75, 3.05) is 78.5 Å². The van der Waals surface area contributed by atoms with E-state index in [1.165, 1.54) is 253 Å². The van der Waals surface area contributed by atoms with E-state index < -0.39 is 35.8 Å². The molecule has 0 amide bonds. The molecule has 0 spiro atoms. The van der Waals surface area contributed by atoms with Gasteiger partial charge < -0.3 is 48.3 Å². The van der Waals surface area contributed by atoms with Crippen LogP contribution >= 0.6 is 0 Å². The summed E-state index contributed by atoms with van der Waals surface area (Å²) in [6, 6.07) is 0. The molecule has 0 fully saturated rings. The van der Waals surface area contributed by atoms with E-state index in [1.54, 1.807) is 0 Å². The molecule has 0 bridgehead atoms. The number of aliphatic hydroxyl groups is 1. The van der Waals surface area contributed by atoms with Crippen LogP contribution in [0.4, 0.5) is 0 Å². The number of aliphatic carboxylic acids is 3. The molecule has 10 heteroatoms. The number of rotatable bonds is 50. The molecule has 0 aromatic rings. The van der Waals surface area contributed by atoms with Crippen molar-refractivity contribution in [3.8, 4) is 0 Å². The predicted molar refractivity (Wildman–Crippen MR) is 313 cm³/mol. The van der Waals surface area contributed by atoms with Crippen molar-refractivity contribution >= 4 is 17.9 Å². The third kappa shape index (κ3) is 42.3. The maximum Gasteiger partial charge on any atom is 0.117 e. The number of nitrogens with zero attached hydrogens (tertiary/aromatic N) is 3. The van der Waals surface area contributed by atoms with E-state index in [1.807, 2.05) is 0 Å². The first-order chi connectivity index (χ1) is 35.5. The number of hydrogen-bond acceptors (Lipinski definition) is 7. The molecule has 0 aliphatic rings. The van der Waals surface area contributed by atoms with Gasteiger partial charge in [0.25, 0.3) is 0 Å². The second kappa shape index (κ2) is 54.6. The molecule has 0 radical (unpaired) electrons. The lowest BCUT2D eigenvalue weighted by molar-refractivity contribution is -0.929. The zero-order chi connectivity index (χ0) is 56.8. The quantitative estimate of drug-likeness (QED) is 0.0472. The standard InChI is InChI=1S/3C16H36N.C16H28O7/c3*1-5-9-13-17(14-10-6-2,15-11-7-3)16-12-8-4;1-2-3-4-5-6-7-8-9-10-12(14(19)20)16(23,15(21)22)11-13(17)18/h3*5-16H2,1-4H3;12,23H,2-11H2,1H3,(H,17,18)(H,19,20)(H,21,22)/q3*+1;/p-3. The summed E-state index contributed by atoms with van der Waals surface area (Å²) < 4.78 is 4.26. The van der Waals surface area contributed by atoms with Crippen molar-refractivity contribution in [3.63, 3.8) is 0 Å². The van der Waals surface area contributed by atoms with Gasteiger partial charge in [-0.25, -0.2) is 0 Å². The Bertz CT molecular complexity index is 1020. The van der Waals surface area contributed by atoms with Crippen molar-refractivity contribution in [3.05, 3.63) is 0 Å². The van der Waals surface area contributed by atoms with E-state index in [-0.39, 0.29) is 6.42 Å². The Labute approximate surface area is 462 Å². The van der Waals surface area contributed by atoms with Gasteiger partial charge in [0.15, 0.2) is 0 Å². The fourth-order valence-corrected chi connectivity index (χ4v) is 10.5. The van der Waals surface area contributed by atoms with Crippen molar-refractivity contribution in [2.45, 2.75) is 314 Å². The Morgan fingerprint density at radius 3 is 0.676 bits per heavy atom. The average Bonchev–Trinajstić information content (AvgIpc) is 3.39. The first-order valence-electron chi connectivity index (χ1n) is 32.4. The molecule has 2 unspecified atom stereocenters. The predicted octanol–water partition coefficient (Wildman–Crippen LogP) is 13.5. The molecule has 0 aliphatic heterocycles. The summed E-state index contributed by atoms with van der Waals surface area (Å²) in [4.78, 5) is 32.7. The van der Waals surface area contributed by atoms with E-state index in [4.69, 9.17) is 0 Å². The first-order valence-corrected chi connectivity index (χ1v) is 32.4. The van der Waals surface area contributed by atoms with Crippen LogP contribution in [-0.4, -0.2) is 121 Å². The number of unbranched alkanes of at least 4 members (excludes halogenated alkanes) is 19. The van der Waals surface area contributed by atoms with Gasteiger partial charge in [0.2, 0.25) is 0 Å². The summed E-state index contributed by atoms with van der Waals surface area (Å²) in [5, 5.41) is 42.5. The molecule has 0 heterocycles. The maximum absolute atomic E-state index is 11.1. The van der Waals surface area contributed by atoms with Crippen LogP contribution in [0.1, 0.15) is 308 Å². The number of carbonyl (C=O) groups excluding carboxylic acids is 3. The van der Waals surface area contributed by atoms with Gasteiger partial charge in [-0.15, -0.1) is 0 Å². The van der Waals surface area contributed by atoms with Crippen LogP contribution < -0.4 is 15.3 Å². The van der Waals surface area contributed by atoms with Crippen LogP contribution in [0.3, 0.4) is 0 Å². The molecule has 0 saturated heterocycles. The van der Waals surface area contributed by atoms with Crippen molar-refractivity contribution in [1.82, 2.24) is 0 Å². The maximum atomic E-state index is 11.1. The van der Waals surface area contributed by atoms with E-state index in [9.17, 15) is 34.8 Å². The summed E-state index contributed by atoms with van der Waals surface area (Å²) in [6.07, 6.45) is 39.1. The van der Waals surface area contributed by atoms with Gasteiger partial charge in [0, 0.05) is 24.3 Å². The SMILES string of the molecule is CCCCCCCCCCC(C(=O)[O-])C(O)(CC(=O)[O-])C(=O)[O-].CCCC[N+](CCCC)(CCCC)CCCC.CCCC[N+](CCCC)(CCCC)CCCC.CCCC[N+](CCCC)(CCCC)CCCC.